The van der Waals surface area contributed by atoms with Gasteiger partial charge < -0.3 is 10.1 Å². The van der Waals surface area contributed by atoms with Gasteiger partial charge in [-0.3, -0.25) is 24.6 Å². The second-order valence-corrected chi connectivity index (χ2v) is 16.3. The molecular formula is C41H42F2N10O4S. The number of carbonyl (C=O) groups is 2. The van der Waals surface area contributed by atoms with Crippen molar-refractivity contribution < 1.29 is 27.3 Å². The summed E-state index contributed by atoms with van der Waals surface area (Å²) in [6.07, 6.45) is 5.99. The smallest absolute Gasteiger partial charge is 0.387 e. The summed E-state index contributed by atoms with van der Waals surface area (Å²) in [5, 5.41) is 21.3. The van der Waals surface area contributed by atoms with Crippen molar-refractivity contribution in [2.24, 2.45) is 7.05 Å². The van der Waals surface area contributed by atoms with Crippen LogP contribution in [0.2, 0.25) is 0 Å². The minimum absolute atomic E-state index is 0.0363. The van der Waals surface area contributed by atoms with E-state index in [0.29, 0.717) is 60.6 Å². The topological polar surface area (TPSA) is 162 Å². The Morgan fingerprint density at radius 2 is 1.76 bits per heavy atom. The Bertz CT molecular complexity index is 2390. The number of nitrogens with one attached hydrogen (secondary N) is 2. The first-order valence-corrected chi connectivity index (χ1v) is 20.4. The molecular weight excluding hydrogens is 767 g/mol. The average molecular weight is 809 g/mol. The molecule has 17 heteroatoms. The van der Waals surface area contributed by atoms with E-state index < -0.39 is 23.6 Å². The number of amides is 3. The summed E-state index contributed by atoms with van der Waals surface area (Å²) in [6.45, 7) is 1.05. The molecule has 1 atom stereocenters. The Labute approximate surface area is 336 Å². The first-order valence-electron chi connectivity index (χ1n) is 19.3. The maximum Gasteiger partial charge on any atom is 0.387 e. The van der Waals surface area contributed by atoms with Gasteiger partial charge in [-0.1, -0.05) is 30.3 Å². The normalized spacial score (nSPS) is 18.0. The number of nitrogens with zero attached hydrogens (tertiary/aromatic N) is 8. The third-order valence-electron chi connectivity index (χ3n) is 11.1. The molecule has 0 bridgehead atoms. The quantitative estimate of drug-likeness (QED) is 0.164. The minimum Gasteiger partial charge on any atom is -0.432 e. The van der Waals surface area contributed by atoms with Crippen molar-refractivity contribution in [1.82, 2.24) is 34.3 Å². The lowest BCUT2D eigenvalue weighted by Gasteiger charge is -2.32. The molecule has 14 nitrogen and oxygen atoms in total. The Hall–Kier alpha value is -5.83. The van der Waals surface area contributed by atoms with Crippen LogP contribution in [0.4, 0.5) is 25.3 Å². The number of aromatic nitrogens is 4. The molecule has 3 amide bonds. The van der Waals surface area contributed by atoms with E-state index in [2.05, 4.69) is 59.6 Å². The third kappa shape index (κ3) is 8.54. The lowest BCUT2D eigenvalue weighted by Crippen LogP contribution is -2.49. The molecule has 58 heavy (non-hydrogen) atoms. The van der Waals surface area contributed by atoms with E-state index in [-0.39, 0.29) is 24.1 Å². The van der Waals surface area contributed by atoms with E-state index >= 15 is 0 Å². The number of likely N-dealkylation sites (tertiary alicyclic amines) is 1. The fourth-order valence-corrected chi connectivity index (χ4v) is 9.28. The van der Waals surface area contributed by atoms with E-state index in [4.69, 9.17) is 0 Å². The fourth-order valence-electron chi connectivity index (χ4n) is 8.02. The van der Waals surface area contributed by atoms with Crippen LogP contribution >= 0.6 is 0 Å². The molecule has 3 saturated heterocycles. The van der Waals surface area contributed by atoms with Crippen LogP contribution in [0.3, 0.4) is 0 Å². The Morgan fingerprint density at radius 1 is 0.983 bits per heavy atom. The number of aryl methyl sites for hydroxylation is 1. The van der Waals surface area contributed by atoms with Crippen molar-refractivity contribution in [2.75, 3.05) is 42.9 Å². The summed E-state index contributed by atoms with van der Waals surface area (Å²) >= 11 is 0. The summed E-state index contributed by atoms with van der Waals surface area (Å²) in [5.41, 5.74) is 5.43. The van der Waals surface area contributed by atoms with Crippen molar-refractivity contribution in [3.05, 3.63) is 89.7 Å². The summed E-state index contributed by atoms with van der Waals surface area (Å²) in [5.74, 6) is 0.869. The number of ether oxygens (including phenoxy) is 1. The zero-order valence-electron chi connectivity index (χ0n) is 31.8. The standard InChI is InChI=1S/C41H42F2N10O4S/c1-50-36-21-28(6-8-35(36)38(49-50)53-18-13-37(54)48-41(53)55)27-9-14-51(15-10-27)25-26-5-7-34(30(19-26)22-44)29-3-2-4-33(20-29)58(56)52-16-11-31(12-17-52)47-40-45-23-32(24-46-40)57-39(42)43/h2-8,19-21,23-24,27,31,39H,9-18,25H2,1H3,(H,45,46,47)(H,48,54,55). The average Bonchev–Trinajstić information content (AvgIpc) is 3.56. The van der Waals surface area contributed by atoms with Crippen molar-refractivity contribution in [2.45, 2.75) is 62.1 Å². The molecule has 0 saturated carbocycles. The second-order valence-electron chi connectivity index (χ2n) is 14.8. The number of hydrogen-bond donors (Lipinski definition) is 2. The molecule has 300 valence electrons. The van der Waals surface area contributed by atoms with Crippen molar-refractivity contribution >= 4 is 45.6 Å². The Kier molecular flexibility index (Phi) is 11.4. The van der Waals surface area contributed by atoms with Crippen LogP contribution in [0, 0.1) is 11.3 Å². The van der Waals surface area contributed by atoms with Gasteiger partial charge in [0.25, 0.3) is 0 Å². The Morgan fingerprint density at radius 3 is 2.48 bits per heavy atom. The highest BCUT2D eigenvalue weighted by Gasteiger charge is 2.29. The molecule has 3 aliphatic heterocycles. The highest BCUT2D eigenvalue weighted by atomic mass is 32.2. The van der Waals surface area contributed by atoms with Gasteiger partial charge in [0.05, 0.1) is 34.4 Å². The van der Waals surface area contributed by atoms with E-state index in [1.165, 1.54) is 22.9 Å². The summed E-state index contributed by atoms with van der Waals surface area (Å²) in [7, 11) is 0.467. The molecule has 0 radical (unpaired) electrons. The SMILES string of the molecule is Cn1nc(N2CCC(=O)NC2=O)c2ccc(C3CCN(Cc4ccc(-c5cccc(S(=O)N6CCC(Nc7ncc(OC(F)F)cn7)CC6)c5)c(C#N)c4)CC3)cc21. The second kappa shape index (κ2) is 16.9. The summed E-state index contributed by atoms with van der Waals surface area (Å²) in [4.78, 5) is 36.9. The maximum atomic E-state index is 13.7. The van der Waals surface area contributed by atoms with Crippen LogP contribution in [0.25, 0.3) is 22.0 Å². The number of piperidine rings is 2. The van der Waals surface area contributed by atoms with E-state index in [0.717, 1.165) is 60.1 Å². The maximum absolute atomic E-state index is 13.7. The van der Waals surface area contributed by atoms with Gasteiger partial charge in [-0.05, 0) is 97.3 Å². The highest BCUT2D eigenvalue weighted by molar-refractivity contribution is 7.82. The highest BCUT2D eigenvalue weighted by Crippen LogP contribution is 2.35. The van der Waals surface area contributed by atoms with Crippen LogP contribution in [-0.2, 0) is 29.4 Å². The molecule has 3 aromatic carbocycles. The van der Waals surface area contributed by atoms with Gasteiger partial charge in [0.15, 0.2) is 11.6 Å². The van der Waals surface area contributed by atoms with E-state index in [1.807, 2.05) is 53.8 Å². The monoisotopic (exact) mass is 808 g/mol. The van der Waals surface area contributed by atoms with E-state index in [9.17, 15) is 27.8 Å². The molecule has 2 aromatic heterocycles. The summed E-state index contributed by atoms with van der Waals surface area (Å²) in [6, 6.07) is 21.9. The zero-order chi connectivity index (χ0) is 40.3. The largest absolute Gasteiger partial charge is 0.432 e. The molecule has 2 N–H and O–H groups in total. The van der Waals surface area contributed by atoms with Gasteiger partial charge >= 0.3 is 12.6 Å². The van der Waals surface area contributed by atoms with Crippen LogP contribution in [0.5, 0.6) is 5.75 Å². The molecule has 1 unspecified atom stereocenters. The van der Waals surface area contributed by atoms with Gasteiger partial charge in [0.1, 0.15) is 11.0 Å². The van der Waals surface area contributed by atoms with Gasteiger partial charge in [0.2, 0.25) is 11.9 Å². The predicted molar refractivity (Wildman–Crippen MR) is 213 cm³/mol. The molecule has 8 rings (SSSR count). The Balaban J connectivity index is 0.857. The number of halogens is 2. The van der Waals surface area contributed by atoms with Crippen LogP contribution in [0.1, 0.15) is 54.7 Å². The van der Waals surface area contributed by atoms with E-state index in [1.54, 1.807) is 4.68 Å². The van der Waals surface area contributed by atoms with Crippen LogP contribution in [0.15, 0.2) is 78.0 Å². The van der Waals surface area contributed by atoms with Crippen molar-refractivity contribution in [1.29, 1.82) is 5.26 Å². The molecule has 5 aromatic rings. The molecule has 0 spiro atoms. The summed E-state index contributed by atoms with van der Waals surface area (Å²) < 4.78 is 46.6. The number of rotatable bonds is 11. The molecule has 0 aliphatic carbocycles. The predicted octanol–water partition coefficient (Wildman–Crippen LogP) is 5.93. The lowest BCUT2D eigenvalue weighted by molar-refractivity contribution is -0.120. The molecule has 3 aliphatic rings. The lowest BCUT2D eigenvalue weighted by atomic mass is 9.88. The number of urea groups is 1. The van der Waals surface area contributed by atoms with Gasteiger partial charge in [0, 0.05) is 51.1 Å². The van der Waals surface area contributed by atoms with Crippen LogP contribution < -0.4 is 20.3 Å². The molecule has 5 heterocycles. The van der Waals surface area contributed by atoms with Gasteiger partial charge in [-0.15, -0.1) is 0 Å². The number of anilines is 2. The number of benzene rings is 3. The number of alkyl halides is 2. The minimum atomic E-state index is -2.94. The first-order chi connectivity index (χ1) is 28.1. The fraction of sp³-hybridized carbons (Fsp3) is 0.366. The van der Waals surface area contributed by atoms with Gasteiger partial charge in [-0.25, -0.2) is 23.3 Å². The number of imide groups is 1. The van der Waals surface area contributed by atoms with Gasteiger partial charge in [-0.2, -0.15) is 19.1 Å². The third-order valence-corrected chi connectivity index (χ3v) is 12.5. The number of fused-ring (bicyclic) bond motifs is 1. The zero-order valence-corrected chi connectivity index (χ0v) is 32.6. The van der Waals surface area contributed by atoms with Crippen LogP contribution in [-0.4, -0.2) is 90.5 Å². The van der Waals surface area contributed by atoms with Crippen molar-refractivity contribution in [3.63, 3.8) is 0 Å². The number of hydrogen-bond acceptors (Lipinski definition) is 10. The molecule has 3 fully saturated rings. The first kappa shape index (κ1) is 39.0. The number of nitriles is 1. The number of carbonyl (C=O) groups excluding carboxylic acids is 2. The van der Waals surface area contributed by atoms with Crippen molar-refractivity contribution in [3.8, 4) is 22.9 Å².